The van der Waals surface area contributed by atoms with Gasteiger partial charge in [0.25, 0.3) is 0 Å². The summed E-state index contributed by atoms with van der Waals surface area (Å²) in [4.78, 5) is 22.9. The van der Waals surface area contributed by atoms with Gasteiger partial charge in [-0.25, -0.2) is 0 Å². The normalized spacial score (nSPS) is 11.7. The Hall–Kier alpha value is -1.36. The Kier molecular flexibility index (Phi) is 6.56. The maximum atomic E-state index is 11.8. The number of rotatable bonds is 7. The summed E-state index contributed by atoms with van der Waals surface area (Å²) < 4.78 is 11.1. The van der Waals surface area contributed by atoms with Gasteiger partial charge in [0.1, 0.15) is 5.75 Å². The number of carbonyl (C=O) groups is 2. The zero-order chi connectivity index (χ0) is 14.3. The monoisotopic (exact) mass is 328 g/mol. The first-order chi connectivity index (χ1) is 9.06. The number of ether oxygens (including phenoxy) is 2. The first kappa shape index (κ1) is 15.7. The van der Waals surface area contributed by atoms with E-state index in [4.69, 9.17) is 4.74 Å². The van der Waals surface area contributed by atoms with Crippen molar-refractivity contribution in [2.45, 2.75) is 32.3 Å². The average Bonchev–Trinajstić information content (AvgIpc) is 2.44. The van der Waals surface area contributed by atoms with Crippen LogP contribution >= 0.6 is 15.9 Å². The van der Waals surface area contributed by atoms with E-state index in [0.29, 0.717) is 18.6 Å². The molecule has 1 aromatic carbocycles. The molecule has 0 aromatic heterocycles. The average molecular weight is 329 g/mol. The maximum Gasteiger partial charge on any atom is 0.305 e. The Bertz CT molecular complexity index is 428. The van der Waals surface area contributed by atoms with Crippen LogP contribution in [0.2, 0.25) is 0 Å². The number of hydrogen-bond acceptors (Lipinski definition) is 4. The molecule has 0 heterocycles. The molecule has 4 nitrogen and oxygen atoms in total. The van der Waals surface area contributed by atoms with Crippen LogP contribution in [-0.4, -0.2) is 25.0 Å². The van der Waals surface area contributed by atoms with Crippen LogP contribution in [0.5, 0.6) is 5.75 Å². The fraction of sp³-hybridized carbons (Fsp3) is 0.429. The predicted octanol–water partition coefficient (Wildman–Crippen LogP) is 3.13. The third-order valence-corrected chi connectivity index (χ3v) is 3.17. The molecule has 0 bridgehead atoms. The molecule has 19 heavy (non-hydrogen) atoms. The zero-order valence-corrected chi connectivity index (χ0v) is 12.6. The van der Waals surface area contributed by atoms with Crippen LogP contribution in [0.4, 0.5) is 0 Å². The van der Waals surface area contributed by atoms with Gasteiger partial charge in [0.15, 0.2) is 11.9 Å². The van der Waals surface area contributed by atoms with Crippen molar-refractivity contribution < 1.29 is 19.1 Å². The molecule has 5 heteroatoms. The lowest BCUT2D eigenvalue weighted by Gasteiger charge is -2.17. The molecule has 0 aliphatic rings. The van der Waals surface area contributed by atoms with Crippen LogP contribution in [0.1, 0.15) is 26.2 Å². The highest BCUT2D eigenvalue weighted by atomic mass is 79.9. The molecule has 0 amide bonds. The summed E-state index contributed by atoms with van der Waals surface area (Å²) in [5.41, 5.74) is 0. The Morgan fingerprint density at radius 2 is 1.89 bits per heavy atom. The SMILES string of the molecule is CCC(=O)[C@H](CCC(=O)OC)Oc1ccc(Br)cc1. The van der Waals surface area contributed by atoms with Gasteiger partial charge < -0.3 is 9.47 Å². The summed E-state index contributed by atoms with van der Waals surface area (Å²) in [6.45, 7) is 1.78. The Balaban J connectivity index is 2.66. The van der Waals surface area contributed by atoms with Gasteiger partial charge in [-0.1, -0.05) is 22.9 Å². The number of benzene rings is 1. The molecule has 0 aliphatic carbocycles. The van der Waals surface area contributed by atoms with Gasteiger partial charge in [-0.3, -0.25) is 9.59 Å². The predicted molar refractivity (Wildman–Crippen MR) is 75.1 cm³/mol. The van der Waals surface area contributed by atoms with Crippen LogP contribution < -0.4 is 4.74 Å². The van der Waals surface area contributed by atoms with Crippen molar-refractivity contribution in [1.29, 1.82) is 0 Å². The summed E-state index contributed by atoms with van der Waals surface area (Å²) in [6.07, 6.45) is 0.270. The van der Waals surface area contributed by atoms with Crippen LogP contribution in [0, 0.1) is 0 Å². The van der Waals surface area contributed by atoms with E-state index < -0.39 is 6.10 Å². The minimum absolute atomic E-state index is 0.0215. The van der Waals surface area contributed by atoms with Gasteiger partial charge in [-0.2, -0.15) is 0 Å². The van der Waals surface area contributed by atoms with Gasteiger partial charge in [0.2, 0.25) is 0 Å². The summed E-state index contributed by atoms with van der Waals surface area (Å²) in [7, 11) is 1.33. The van der Waals surface area contributed by atoms with E-state index >= 15 is 0 Å². The van der Waals surface area contributed by atoms with E-state index in [1.807, 2.05) is 12.1 Å². The molecule has 1 rings (SSSR count). The number of carbonyl (C=O) groups excluding carboxylic acids is 2. The molecule has 104 valence electrons. The van der Waals surface area contributed by atoms with Crippen molar-refractivity contribution in [3.05, 3.63) is 28.7 Å². The van der Waals surface area contributed by atoms with Crippen molar-refractivity contribution >= 4 is 27.7 Å². The van der Waals surface area contributed by atoms with E-state index in [1.165, 1.54) is 7.11 Å². The lowest BCUT2D eigenvalue weighted by atomic mass is 10.1. The van der Waals surface area contributed by atoms with Crippen molar-refractivity contribution in [2.24, 2.45) is 0 Å². The number of Topliss-reactive ketones (excluding diaryl/α,β-unsaturated/α-hetero) is 1. The fourth-order valence-corrected chi connectivity index (χ4v) is 1.81. The highest BCUT2D eigenvalue weighted by Crippen LogP contribution is 2.19. The van der Waals surface area contributed by atoms with E-state index in [-0.39, 0.29) is 18.2 Å². The molecule has 0 radical (unpaired) electrons. The van der Waals surface area contributed by atoms with Crippen LogP contribution in [0.25, 0.3) is 0 Å². The van der Waals surface area contributed by atoms with Gasteiger partial charge in [-0.15, -0.1) is 0 Å². The second-order valence-electron chi connectivity index (χ2n) is 4.00. The fourth-order valence-electron chi connectivity index (χ4n) is 1.54. The number of hydrogen-bond donors (Lipinski definition) is 0. The van der Waals surface area contributed by atoms with E-state index in [2.05, 4.69) is 20.7 Å². The van der Waals surface area contributed by atoms with Crippen LogP contribution in [-0.2, 0) is 14.3 Å². The molecular formula is C14H17BrO4. The minimum atomic E-state index is -0.606. The van der Waals surface area contributed by atoms with Gasteiger partial charge in [-0.05, 0) is 24.3 Å². The molecular weight excluding hydrogens is 312 g/mol. The first-order valence-electron chi connectivity index (χ1n) is 6.08. The number of ketones is 1. The number of halogens is 1. The second-order valence-corrected chi connectivity index (χ2v) is 4.91. The number of methoxy groups -OCH3 is 1. The molecule has 0 aliphatic heterocycles. The molecule has 1 aromatic rings. The molecule has 0 N–H and O–H groups in total. The van der Waals surface area contributed by atoms with E-state index in [1.54, 1.807) is 19.1 Å². The van der Waals surface area contributed by atoms with Gasteiger partial charge in [0, 0.05) is 23.7 Å². The number of esters is 1. The van der Waals surface area contributed by atoms with E-state index in [0.717, 1.165) is 4.47 Å². The third kappa shape index (κ3) is 5.42. The van der Waals surface area contributed by atoms with Crippen LogP contribution in [0.3, 0.4) is 0 Å². The Morgan fingerprint density at radius 3 is 2.42 bits per heavy atom. The molecule has 0 fully saturated rings. The van der Waals surface area contributed by atoms with Crippen molar-refractivity contribution in [2.75, 3.05) is 7.11 Å². The third-order valence-electron chi connectivity index (χ3n) is 2.64. The molecule has 1 atom stereocenters. The largest absolute Gasteiger partial charge is 0.483 e. The highest BCUT2D eigenvalue weighted by molar-refractivity contribution is 9.10. The summed E-state index contributed by atoms with van der Waals surface area (Å²) in [5, 5.41) is 0. The Labute approximate surface area is 121 Å². The quantitative estimate of drug-likeness (QED) is 0.721. The summed E-state index contributed by atoms with van der Waals surface area (Å²) in [6, 6.07) is 7.22. The zero-order valence-electron chi connectivity index (χ0n) is 11.0. The standard InChI is InChI=1S/C14H17BrO4/c1-3-12(16)13(8-9-14(17)18-2)19-11-6-4-10(15)5-7-11/h4-7,13H,3,8-9H2,1-2H3/t13-/m0/s1. The molecule has 0 saturated carbocycles. The van der Waals surface area contributed by atoms with Crippen molar-refractivity contribution in [3.8, 4) is 5.75 Å². The smallest absolute Gasteiger partial charge is 0.305 e. The summed E-state index contributed by atoms with van der Waals surface area (Å²) in [5.74, 6) is 0.250. The maximum absolute atomic E-state index is 11.8. The van der Waals surface area contributed by atoms with Gasteiger partial charge >= 0.3 is 5.97 Å². The minimum Gasteiger partial charge on any atom is -0.483 e. The van der Waals surface area contributed by atoms with Crippen molar-refractivity contribution in [3.63, 3.8) is 0 Å². The lowest BCUT2D eigenvalue weighted by Crippen LogP contribution is -2.27. The highest BCUT2D eigenvalue weighted by Gasteiger charge is 2.20. The summed E-state index contributed by atoms with van der Waals surface area (Å²) >= 11 is 3.33. The molecule has 0 spiro atoms. The van der Waals surface area contributed by atoms with Crippen molar-refractivity contribution in [1.82, 2.24) is 0 Å². The van der Waals surface area contributed by atoms with Crippen LogP contribution in [0.15, 0.2) is 28.7 Å². The lowest BCUT2D eigenvalue weighted by molar-refractivity contribution is -0.141. The Morgan fingerprint density at radius 1 is 1.26 bits per heavy atom. The first-order valence-corrected chi connectivity index (χ1v) is 6.87. The molecule has 0 saturated heterocycles. The van der Waals surface area contributed by atoms with Gasteiger partial charge in [0.05, 0.1) is 7.11 Å². The topological polar surface area (TPSA) is 52.6 Å². The van der Waals surface area contributed by atoms with E-state index in [9.17, 15) is 9.59 Å². The molecule has 0 unspecified atom stereocenters. The second kappa shape index (κ2) is 7.94.